The van der Waals surface area contributed by atoms with Gasteiger partial charge in [0.2, 0.25) is 0 Å². The van der Waals surface area contributed by atoms with Gasteiger partial charge >= 0.3 is 0 Å². The molecule has 30 heavy (non-hydrogen) atoms. The normalized spacial score (nSPS) is 18.8. The Morgan fingerprint density at radius 3 is 2.40 bits per heavy atom. The first-order valence-corrected chi connectivity index (χ1v) is 10.4. The standard InChI is InChI=1S/C25H16N2O2S/c26-14-17-11-9-16(10-12-17)13-22-23(28)19-6-2-1-5-18(19)15-27-24(29)20-7-3-4-8-21(20)25(27)30-22/h1-13,25H,15H2/b22-13-. The fraction of sp³-hybridized carbons (Fsp3) is 0.0800. The minimum atomic E-state index is -0.254. The summed E-state index contributed by atoms with van der Waals surface area (Å²) in [6.45, 7) is 0.400. The van der Waals surface area contributed by atoms with E-state index in [-0.39, 0.29) is 17.1 Å². The van der Waals surface area contributed by atoms with E-state index in [0.717, 1.165) is 16.7 Å². The first-order valence-electron chi connectivity index (χ1n) is 9.57. The lowest BCUT2D eigenvalue weighted by molar-refractivity contribution is 0.0758. The molecule has 1 unspecified atom stereocenters. The molecule has 1 amide bonds. The van der Waals surface area contributed by atoms with Crippen molar-refractivity contribution in [2.75, 3.05) is 0 Å². The molecule has 0 spiro atoms. The molecule has 4 nitrogen and oxygen atoms in total. The fourth-order valence-corrected chi connectivity index (χ4v) is 5.18. The van der Waals surface area contributed by atoms with Gasteiger partial charge in [0.1, 0.15) is 5.37 Å². The molecule has 0 aliphatic carbocycles. The van der Waals surface area contributed by atoms with Crippen molar-refractivity contribution < 1.29 is 9.59 Å². The summed E-state index contributed by atoms with van der Waals surface area (Å²) < 4.78 is 0. The molecular formula is C25H16N2O2S. The Balaban J connectivity index is 1.66. The highest BCUT2D eigenvalue weighted by Gasteiger charge is 2.40. The second-order valence-electron chi connectivity index (χ2n) is 7.22. The maximum Gasteiger partial charge on any atom is 0.255 e. The summed E-state index contributed by atoms with van der Waals surface area (Å²) in [5.41, 5.74) is 4.50. The molecule has 0 radical (unpaired) electrons. The predicted octanol–water partition coefficient (Wildman–Crippen LogP) is 5.18. The van der Waals surface area contributed by atoms with Gasteiger partial charge < -0.3 is 4.90 Å². The molecule has 0 N–H and O–H groups in total. The van der Waals surface area contributed by atoms with Gasteiger partial charge in [0.05, 0.1) is 16.5 Å². The maximum absolute atomic E-state index is 13.5. The number of benzene rings is 3. The van der Waals surface area contributed by atoms with Gasteiger partial charge in [-0.05, 0) is 41.0 Å². The van der Waals surface area contributed by atoms with Crippen molar-refractivity contribution in [3.05, 3.63) is 111 Å². The molecule has 5 heteroatoms. The molecule has 0 bridgehead atoms. The van der Waals surface area contributed by atoms with Crippen LogP contribution in [0.15, 0.2) is 77.7 Å². The number of allylic oxidation sites excluding steroid dienone is 1. The van der Waals surface area contributed by atoms with Gasteiger partial charge in [0.15, 0.2) is 5.78 Å². The van der Waals surface area contributed by atoms with E-state index in [2.05, 4.69) is 6.07 Å². The zero-order valence-corrected chi connectivity index (χ0v) is 16.7. The van der Waals surface area contributed by atoms with Crippen LogP contribution in [0.2, 0.25) is 0 Å². The van der Waals surface area contributed by atoms with Crippen molar-refractivity contribution >= 4 is 29.5 Å². The van der Waals surface area contributed by atoms with Gasteiger partial charge in [-0.2, -0.15) is 5.26 Å². The molecule has 2 heterocycles. The first kappa shape index (κ1) is 18.4. The average Bonchev–Trinajstić information content (AvgIpc) is 3.04. The third-order valence-corrected chi connectivity index (χ3v) is 6.69. The average molecular weight is 408 g/mol. The van der Waals surface area contributed by atoms with Crippen molar-refractivity contribution in [1.82, 2.24) is 4.90 Å². The SMILES string of the molecule is N#Cc1ccc(/C=C2\SC3c4ccccc4C(=O)N3Cc3ccccc3C2=O)cc1. The molecule has 0 saturated carbocycles. The number of hydrogen-bond donors (Lipinski definition) is 0. The molecule has 5 rings (SSSR count). The number of Topliss-reactive ketones (excluding diaryl/α,β-unsaturated/α-hetero) is 1. The number of carbonyl (C=O) groups excluding carboxylic acids is 2. The largest absolute Gasteiger partial charge is 0.318 e. The number of nitrogens with zero attached hydrogens (tertiary/aromatic N) is 2. The smallest absolute Gasteiger partial charge is 0.255 e. The molecule has 144 valence electrons. The van der Waals surface area contributed by atoms with Gasteiger partial charge in [0, 0.05) is 17.7 Å². The molecule has 0 fully saturated rings. The molecule has 3 aromatic carbocycles. The van der Waals surface area contributed by atoms with E-state index in [0.29, 0.717) is 28.1 Å². The second kappa shape index (κ2) is 7.33. The summed E-state index contributed by atoms with van der Waals surface area (Å²) in [4.78, 5) is 29.0. The Morgan fingerprint density at radius 2 is 1.63 bits per heavy atom. The van der Waals surface area contributed by atoms with Crippen molar-refractivity contribution in [1.29, 1.82) is 5.26 Å². The summed E-state index contributed by atoms with van der Waals surface area (Å²) in [5, 5.41) is 8.78. The van der Waals surface area contributed by atoms with Crippen molar-refractivity contribution in [2.24, 2.45) is 0 Å². The van der Waals surface area contributed by atoms with Gasteiger partial charge in [-0.1, -0.05) is 66.4 Å². The van der Waals surface area contributed by atoms with E-state index in [1.54, 1.807) is 12.1 Å². The van der Waals surface area contributed by atoms with E-state index < -0.39 is 0 Å². The Kier molecular flexibility index (Phi) is 4.50. The summed E-state index contributed by atoms with van der Waals surface area (Å²) >= 11 is 1.41. The molecular weight excluding hydrogens is 392 g/mol. The van der Waals surface area contributed by atoms with Gasteiger partial charge in [-0.3, -0.25) is 9.59 Å². The highest BCUT2D eigenvalue weighted by atomic mass is 32.2. The second-order valence-corrected chi connectivity index (χ2v) is 8.34. The minimum Gasteiger partial charge on any atom is -0.318 e. The van der Waals surface area contributed by atoms with Gasteiger partial charge in [0.25, 0.3) is 5.91 Å². The molecule has 2 aliphatic heterocycles. The number of hydrogen-bond acceptors (Lipinski definition) is 4. The van der Waals surface area contributed by atoms with Crippen molar-refractivity contribution in [3.8, 4) is 6.07 Å². The van der Waals surface area contributed by atoms with Crippen molar-refractivity contribution in [3.63, 3.8) is 0 Å². The lowest BCUT2D eigenvalue weighted by Gasteiger charge is -2.29. The summed E-state index contributed by atoms with van der Waals surface area (Å²) in [5.74, 6) is -0.0542. The zero-order chi connectivity index (χ0) is 20.7. The Labute approximate surface area is 178 Å². The van der Waals surface area contributed by atoms with Crippen LogP contribution in [0.5, 0.6) is 0 Å². The van der Waals surface area contributed by atoms with Crippen LogP contribution < -0.4 is 0 Å². The van der Waals surface area contributed by atoms with E-state index in [1.807, 2.05) is 71.6 Å². The first-order chi connectivity index (χ1) is 14.7. The highest BCUT2D eigenvalue weighted by Crippen LogP contribution is 2.48. The molecule has 3 aromatic rings. The number of ketones is 1. The third-order valence-electron chi connectivity index (χ3n) is 5.40. The van der Waals surface area contributed by atoms with E-state index in [1.165, 1.54) is 11.8 Å². The number of nitriles is 1. The van der Waals surface area contributed by atoms with Crippen LogP contribution in [0.4, 0.5) is 0 Å². The number of thioether (sulfide) groups is 1. The molecule has 2 aliphatic rings. The third kappa shape index (κ3) is 3.02. The van der Waals surface area contributed by atoms with Crippen LogP contribution in [0, 0.1) is 11.3 Å². The number of amides is 1. The van der Waals surface area contributed by atoms with E-state index in [9.17, 15) is 9.59 Å². The Hall–Kier alpha value is -3.62. The monoisotopic (exact) mass is 408 g/mol. The Bertz CT molecular complexity index is 1250. The topological polar surface area (TPSA) is 61.2 Å². The summed E-state index contributed by atoms with van der Waals surface area (Å²) in [6.07, 6.45) is 1.85. The van der Waals surface area contributed by atoms with Gasteiger partial charge in [-0.25, -0.2) is 0 Å². The summed E-state index contributed by atoms with van der Waals surface area (Å²) in [6, 6.07) is 24.3. The maximum atomic E-state index is 13.5. The quantitative estimate of drug-likeness (QED) is 0.520. The minimum absolute atomic E-state index is 0.00928. The van der Waals surface area contributed by atoms with Crippen LogP contribution in [-0.4, -0.2) is 16.6 Å². The zero-order valence-electron chi connectivity index (χ0n) is 15.9. The molecule has 0 aromatic heterocycles. The van der Waals surface area contributed by atoms with Gasteiger partial charge in [-0.15, -0.1) is 0 Å². The fourth-order valence-electron chi connectivity index (χ4n) is 3.89. The van der Waals surface area contributed by atoms with Crippen LogP contribution in [0.1, 0.15) is 48.3 Å². The Morgan fingerprint density at radius 1 is 0.933 bits per heavy atom. The van der Waals surface area contributed by atoms with Crippen LogP contribution in [0.3, 0.4) is 0 Å². The summed E-state index contributed by atoms with van der Waals surface area (Å²) in [7, 11) is 0. The number of fused-ring (bicyclic) bond motifs is 4. The van der Waals surface area contributed by atoms with E-state index in [4.69, 9.17) is 5.26 Å². The highest BCUT2D eigenvalue weighted by molar-refractivity contribution is 8.04. The lowest BCUT2D eigenvalue weighted by Crippen LogP contribution is -2.29. The van der Waals surface area contributed by atoms with Crippen LogP contribution in [-0.2, 0) is 6.54 Å². The van der Waals surface area contributed by atoms with E-state index >= 15 is 0 Å². The molecule has 0 saturated heterocycles. The predicted molar refractivity (Wildman–Crippen MR) is 117 cm³/mol. The molecule has 1 atom stereocenters. The van der Waals surface area contributed by atoms with Crippen molar-refractivity contribution in [2.45, 2.75) is 11.9 Å². The lowest BCUT2D eigenvalue weighted by atomic mass is 10.0. The van der Waals surface area contributed by atoms with Crippen LogP contribution >= 0.6 is 11.8 Å². The van der Waals surface area contributed by atoms with Crippen LogP contribution in [0.25, 0.3) is 6.08 Å². The number of carbonyl (C=O) groups is 2. The number of rotatable bonds is 1.